The molecule has 2 atom stereocenters. The first-order valence-electron chi connectivity index (χ1n) is 5.37. The lowest BCUT2D eigenvalue weighted by atomic mass is 9.93. The Hall–Kier alpha value is -0.370. The highest BCUT2D eigenvalue weighted by Gasteiger charge is 2.22. The van der Waals surface area contributed by atoms with E-state index in [1.54, 1.807) is 6.92 Å². The summed E-state index contributed by atoms with van der Waals surface area (Å²) in [7, 11) is 0. The number of ketones is 1. The lowest BCUT2D eigenvalue weighted by Gasteiger charge is -2.16. The van der Waals surface area contributed by atoms with E-state index in [2.05, 4.69) is 6.92 Å². The number of nitrogens with two attached hydrogens (primary N) is 1. The van der Waals surface area contributed by atoms with E-state index in [0.717, 1.165) is 12.3 Å². The van der Waals surface area contributed by atoms with Crippen LogP contribution in [-0.4, -0.2) is 11.8 Å². The molecule has 0 aromatic heterocycles. The molecule has 1 fully saturated rings. The minimum atomic E-state index is -0.237. The molecule has 76 valence electrons. The Morgan fingerprint density at radius 3 is 2.62 bits per heavy atom. The standard InChI is InChI=1S/C11H21NO/c1-8(11(12)9(2)13)4-3-5-10-6-7-10/h8,10-11H,3-7,12H2,1-2H3/t8-,11+/m0/s1. The van der Waals surface area contributed by atoms with Crippen molar-refractivity contribution >= 4 is 5.78 Å². The van der Waals surface area contributed by atoms with Gasteiger partial charge in [-0.2, -0.15) is 0 Å². The predicted octanol–water partition coefficient (Wildman–Crippen LogP) is 2.12. The number of carbonyl (C=O) groups excluding carboxylic acids is 1. The van der Waals surface area contributed by atoms with Gasteiger partial charge in [0.1, 0.15) is 5.78 Å². The van der Waals surface area contributed by atoms with Crippen LogP contribution in [0.15, 0.2) is 0 Å². The Morgan fingerprint density at radius 2 is 2.15 bits per heavy atom. The summed E-state index contributed by atoms with van der Waals surface area (Å²) in [6.07, 6.45) is 6.54. The molecule has 1 saturated carbocycles. The fourth-order valence-electron chi connectivity index (χ4n) is 1.72. The fraction of sp³-hybridized carbons (Fsp3) is 0.909. The van der Waals surface area contributed by atoms with E-state index in [-0.39, 0.29) is 11.8 Å². The highest BCUT2D eigenvalue weighted by molar-refractivity contribution is 5.81. The molecule has 2 nitrogen and oxygen atoms in total. The minimum Gasteiger partial charge on any atom is -0.321 e. The number of hydrogen-bond acceptors (Lipinski definition) is 2. The van der Waals surface area contributed by atoms with Crippen LogP contribution in [0.2, 0.25) is 0 Å². The van der Waals surface area contributed by atoms with E-state index in [0.29, 0.717) is 5.92 Å². The summed E-state index contributed by atoms with van der Waals surface area (Å²) in [6, 6.07) is -0.237. The van der Waals surface area contributed by atoms with Gasteiger partial charge in [0.2, 0.25) is 0 Å². The van der Waals surface area contributed by atoms with Crippen molar-refractivity contribution in [3.8, 4) is 0 Å². The number of Topliss-reactive ketones (excluding diaryl/α,β-unsaturated/α-hetero) is 1. The van der Waals surface area contributed by atoms with Crippen LogP contribution in [-0.2, 0) is 4.79 Å². The summed E-state index contributed by atoms with van der Waals surface area (Å²) in [6.45, 7) is 3.67. The maximum Gasteiger partial charge on any atom is 0.146 e. The summed E-state index contributed by atoms with van der Waals surface area (Å²) in [4.78, 5) is 11.0. The quantitative estimate of drug-likeness (QED) is 0.685. The van der Waals surface area contributed by atoms with E-state index in [9.17, 15) is 4.79 Å². The van der Waals surface area contributed by atoms with Crippen LogP contribution in [0.1, 0.15) is 46.0 Å². The molecule has 0 aromatic carbocycles. The average Bonchev–Trinajstić information content (AvgIpc) is 2.86. The molecular formula is C11H21NO. The number of rotatable bonds is 6. The van der Waals surface area contributed by atoms with E-state index in [1.807, 2.05) is 0 Å². The van der Waals surface area contributed by atoms with Gasteiger partial charge in [0.15, 0.2) is 0 Å². The van der Waals surface area contributed by atoms with E-state index < -0.39 is 0 Å². The Bertz CT molecular complexity index is 175. The first-order chi connectivity index (χ1) is 6.11. The smallest absolute Gasteiger partial charge is 0.146 e. The molecule has 0 unspecified atom stereocenters. The van der Waals surface area contributed by atoms with Gasteiger partial charge in [-0.25, -0.2) is 0 Å². The fourth-order valence-corrected chi connectivity index (χ4v) is 1.72. The van der Waals surface area contributed by atoms with Crippen molar-refractivity contribution in [2.75, 3.05) is 0 Å². The third-order valence-corrected chi connectivity index (χ3v) is 3.05. The van der Waals surface area contributed by atoms with Crippen LogP contribution in [0.25, 0.3) is 0 Å². The molecular weight excluding hydrogens is 162 g/mol. The van der Waals surface area contributed by atoms with Crippen LogP contribution < -0.4 is 5.73 Å². The van der Waals surface area contributed by atoms with Gasteiger partial charge < -0.3 is 5.73 Å². The van der Waals surface area contributed by atoms with Crippen molar-refractivity contribution in [3.05, 3.63) is 0 Å². The van der Waals surface area contributed by atoms with Gasteiger partial charge in [-0.3, -0.25) is 4.79 Å². The van der Waals surface area contributed by atoms with Crippen molar-refractivity contribution in [2.45, 2.75) is 52.0 Å². The average molecular weight is 183 g/mol. The zero-order chi connectivity index (χ0) is 9.84. The van der Waals surface area contributed by atoms with Crippen LogP contribution in [0.4, 0.5) is 0 Å². The van der Waals surface area contributed by atoms with Crippen molar-refractivity contribution in [2.24, 2.45) is 17.6 Å². The van der Waals surface area contributed by atoms with E-state index >= 15 is 0 Å². The number of carbonyl (C=O) groups is 1. The molecule has 1 rings (SSSR count). The van der Waals surface area contributed by atoms with E-state index in [4.69, 9.17) is 5.73 Å². The summed E-state index contributed by atoms with van der Waals surface area (Å²) in [5.41, 5.74) is 5.74. The topological polar surface area (TPSA) is 43.1 Å². The van der Waals surface area contributed by atoms with Gasteiger partial charge in [0.25, 0.3) is 0 Å². The molecule has 2 N–H and O–H groups in total. The maximum atomic E-state index is 11.0. The summed E-state index contributed by atoms with van der Waals surface area (Å²) in [5, 5.41) is 0. The van der Waals surface area contributed by atoms with Gasteiger partial charge in [0, 0.05) is 0 Å². The van der Waals surface area contributed by atoms with Crippen LogP contribution >= 0.6 is 0 Å². The van der Waals surface area contributed by atoms with Crippen LogP contribution in [0.5, 0.6) is 0 Å². The van der Waals surface area contributed by atoms with Gasteiger partial charge in [-0.05, 0) is 25.2 Å². The largest absolute Gasteiger partial charge is 0.321 e. The molecule has 1 aliphatic carbocycles. The second kappa shape index (κ2) is 4.75. The molecule has 0 spiro atoms. The minimum absolute atomic E-state index is 0.124. The molecule has 2 heteroatoms. The lowest BCUT2D eigenvalue weighted by molar-refractivity contribution is -0.119. The second-order valence-electron chi connectivity index (χ2n) is 4.49. The third-order valence-electron chi connectivity index (χ3n) is 3.05. The zero-order valence-corrected chi connectivity index (χ0v) is 8.75. The Balaban J connectivity index is 2.07. The molecule has 0 radical (unpaired) electrons. The van der Waals surface area contributed by atoms with Gasteiger partial charge in [0.05, 0.1) is 6.04 Å². The molecule has 0 bridgehead atoms. The molecule has 1 aliphatic rings. The normalized spacial score (nSPS) is 21.2. The van der Waals surface area contributed by atoms with Gasteiger partial charge in [-0.15, -0.1) is 0 Å². The molecule has 0 amide bonds. The molecule has 0 aliphatic heterocycles. The first kappa shape index (κ1) is 10.7. The summed E-state index contributed by atoms with van der Waals surface area (Å²) in [5.74, 6) is 1.48. The zero-order valence-electron chi connectivity index (χ0n) is 8.75. The Morgan fingerprint density at radius 1 is 1.54 bits per heavy atom. The van der Waals surface area contributed by atoms with Gasteiger partial charge in [-0.1, -0.05) is 32.6 Å². The molecule has 0 saturated heterocycles. The SMILES string of the molecule is CC(=O)[C@H](N)[C@@H](C)CCCC1CC1. The van der Waals surface area contributed by atoms with Crippen LogP contribution in [0, 0.1) is 11.8 Å². The van der Waals surface area contributed by atoms with Crippen molar-refractivity contribution < 1.29 is 4.79 Å². The Kier molecular flexibility index (Phi) is 3.91. The van der Waals surface area contributed by atoms with Crippen molar-refractivity contribution in [1.82, 2.24) is 0 Å². The maximum absolute atomic E-state index is 11.0. The third kappa shape index (κ3) is 3.90. The highest BCUT2D eigenvalue weighted by atomic mass is 16.1. The predicted molar refractivity (Wildman–Crippen MR) is 54.4 cm³/mol. The molecule has 0 heterocycles. The first-order valence-corrected chi connectivity index (χ1v) is 5.37. The van der Waals surface area contributed by atoms with Crippen molar-refractivity contribution in [1.29, 1.82) is 0 Å². The summed E-state index contributed by atoms with van der Waals surface area (Å²) < 4.78 is 0. The number of hydrogen-bond donors (Lipinski definition) is 1. The second-order valence-corrected chi connectivity index (χ2v) is 4.49. The monoisotopic (exact) mass is 183 g/mol. The van der Waals surface area contributed by atoms with Gasteiger partial charge >= 0.3 is 0 Å². The molecule has 0 aromatic rings. The van der Waals surface area contributed by atoms with E-state index in [1.165, 1.54) is 25.7 Å². The van der Waals surface area contributed by atoms with Crippen molar-refractivity contribution in [3.63, 3.8) is 0 Å². The Labute approximate surface area is 80.9 Å². The molecule has 13 heavy (non-hydrogen) atoms. The highest BCUT2D eigenvalue weighted by Crippen LogP contribution is 2.34. The summed E-state index contributed by atoms with van der Waals surface area (Å²) >= 11 is 0. The lowest BCUT2D eigenvalue weighted by Crippen LogP contribution is -2.35. The van der Waals surface area contributed by atoms with Crippen LogP contribution in [0.3, 0.4) is 0 Å².